The van der Waals surface area contributed by atoms with Crippen molar-refractivity contribution in [3.8, 4) is 5.69 Å². The van der Waals surface area contributed by atoms with Gasteiger partial charge in [-0.3, -0.25) is 9.59 Å². The highest BCUT2D eigenvalue weighted by Crippen LogP contribution is 2.28. The summed E-state index contributed by atoms with van der Waals surface area (Å²) in [5.74, 6) is -2.54. The number of carboxylic acid groups (broad SMARTS) is 1. The Kier molecular flexibility index (Phi) is 9.48. The Labute approximate surface area is 213 Å². The number of nitrogens with one attached hydrogen (secondary N) is 1. The van der Waals surface area contributed by atoms with Gasteiger partial charge in [0, 0.05) is 17.8 Å². The van der Waals surface area contributed by atoms with E-state index in [-0.39, 0.29) is 43.2 Å². The molecule has 10 heteroatoms. The van der Waals surface area contributed by atoms with Crippen LogP contribution in [0.1, 0.15) is 66.3 Å². The molecule has 1 aromatic heterocycles. The van der Waals surface area contributed by atoms with Crippen molar-refractivity contribution in [3.05, 3.63) is 82.7 Å². The maximum absolute atomic E-state index is 13.6. The van der Waals surface area contributed by atoms with Crippen molar-refractivity contribution < 1.29 is 33.7 Å². The quantitative estimate of drug-likeness (QED) is 0.291. The number of hydrogen-bond donors (Lipinski definition) is 4. The van der Waals surface area contributed by atoms with Crippen LogP contribution in [0.5, 0.6) is 0 Å². The van der Waals surface area contributed by atoms with Crippen molar-refractivity contribution >= 4 is 11.9 Å². The Hall–Kier alpha value is -3.63. The van der Waals surface area contributed by atoms with Crippen molar-refractivity contribution in [1.82, 2.24) is 15.1 Å². The zero-order valence-electron chi connectivity index (χ0n) is 20.7. The lowest BCUT2D eigenvalue weighted by molar-refractivity contribution is -0.139. The molecule has 8 nitrogen and oxygen atoms in total. The molecule has 0 aliphatic heterocycles. The molecular weight excluding hydrogens is 484 g/mol. The average Bonchev–Trinajstić information content (AvgIpc) is 3.22. The number of halogens is 2. The molecule has 0 bridgehead atoms. The number of benzene rings is 2. The number of aliphatic hydroxyl groups excluding tert-OH is 2. The Morgan fingerprint density at radius 1 is 0.973 bits per heavy atom. The van der Waals surface area contributed by atoms with Crippen LogP contribution in [-0.4, -0.2) is 49.2 Å². The minimum Gasteiger partial charge on any atom is -0.481 e. The Balaban J connectivity index is 1.90. The van der Waals surface area contributed by atoms with E-state index in [4.69, 9.17) is 5.11 Å². The van der Waals surface area contributed by atoms with Crippen LogP contribution in [0, 0.1) is 11.6 Å². The van der Waals surface area contributed by atoms with Crippen LogP contribution in [-0.2, 0) is 17.8 Å². The monoisotopic (exact) mass is 515 g/mol. The minimum absolute atomic E-state index is 0.112. The largest absolute Gasteiger partial charge is 0.481 e. The molecule has 0 saturated carbocycles. The van der Waals surface area contributed by atoms with Gasteiger partial charge in [-0.25, -0.2) is 13.5 Å². The molecule has 0 fully saturated rings. The van der Waals surface area contributed by atoms with E-state index in [0.717, 1.165) is 0 Å². The average molecular weight is 516 g/mol. The van der Waals surface area contributed by atoms with Gasteiger partial charge < -0.3 is 20.6 Å². The molecule has 0 aliphatic carbocycles. The molecule has 1 amide bonds. The van der Waals surface area contributed by atoms with Gasteiger partial charge in [0.05, 0.1) is 24.3 Å². The van der Waals surface area contributed by atoms with Gasteiger partial charge in [-0.05, 0) is 67.1 Å². The fourth-order valence-corrected chi connectivity index (χ4v) is 4.16. The zero-order chi connectivity index (χ0) is 27.1. The second-order valence-corrected chi connectivity index (χ2v) is 9.24. The van der Waals surface area contributed by atoms with E-state index in [1.807, 2.05) is 13.8 Å². The molecule has 2 aromatic carbocycles. The first-order valence-corrected chi connectivity index (χ1v) is 12.0. The topological polar surface area (TPSA) is 125 Å². The lowest BCUT2D eigenvalue weighted by atomic mass is 9.95. The van der Waals surface area contributed by atoms with Gasteiger partial charge in [0.15, 0.2) is 5.69 Å². The van der Waals surface area contributed by atoms with Gasteiger partial charge in [0.25, 0.3) is 5.91 Å². The van der Waals surface area contributed by atoms with Crippen LogP contribution in [0.15, 0.2) is 48.5 Å². The van der Waals surface area contributed by atoms with Gasteiger partial charge in [0.2, 0.25) is 0 Å². The zero-order valence-corrected chi connectivity index (χ0v) is 20.7. The predicted molar refractivity (Wildman–Crippen MR) is 132 cm³/mol. The second kappa shape index (κ2) is 12.6. The third-order valence-electron chi connectivity index (χ3n) is 5.92. The normalized spacial score (nSPS) is 12.9. The third-order valence-corrected chi connectivity index (χ3v) is 5.92. The molecule has 37 heavy (non-hydrogen) atoms. The molecule has 0 aliphatic rings. The van der Waals surface area contributed by atoms with Crippen molar-refractivity contribution in [2.45, 2.75) is 64.2 Å². The van der Waals surface area contributed by atoms with Crippen LogP contribution in [0.2, 0.25) is 0 Å². The van der Waals surface area contributed by atoms with Crippen molar-refractivity contribution in [3.63, 3.8) is 0 Å². The molecule has 2 unspecified atom stereocenters. The van der Waals surface area contributed by atoms with Crippen LogP contribution in [0.25, 0.3) is 5.69 Å². The highest BCUT2D eigenvalue weighted by Gasteiger charge is 2.26. The first-order chi connectivity index (χ1) is 17.5. The number of carbonyl (C=O) groups is 2. The summed E-state index contributed by atoms with van der Waals surface area (Å²) < 4.78 is 28.3. The Morgan fingerprint density at radius 3 is 2.14 bits per heavy atom. The van der Waals surface area contributed by atoms with E-state index >= 15 is 0 Å². The van der Waals surface area contributed by atoms with Gasteiger partial charge in [-0.2, -0.15) is 5.10 Å². The van der Waals surface area contributed by atoms with Gasteiger partial charge in [-0.15, -0.1) is 0 Å². The summed E-state index contributed by atoms with van der Waals surface area (Å²) in [5, 5.41) is 36.5. The Morgan fingerprint density at radius 2 is 1.57 bits per heavy atom. The summed E-state index contributed by atoms with van der Waals surface area (Å²) in [6, 6.07) is 11.4. The highest BCUT2D eigenvalue weighted by atomic mass is 19.1. The lowest BCUT2D eigenvalue weighted by Crippen LogP contribution is -2.24. The van der Waals surface area contributed by atoms with Crippen LogP contribution < -0.4 is 5.32 Å². The van der Waals surface area contributed by atoms with E-state index in [1.165, 1.54) is 36.4 Å². The van der Waals surface area contributed by atoms with Crippen molar-refractivity contribution in [1.29, 1.82) is 0 Å². The Bertz CT molecular complexity index is 1210. The summed E-state index contributed by atoms with van der Waals surface area (Å²) in [6.45, 7) is 3.97. The smallest absolute Gasteiger partial charge is 0.305 e. The summed E-state index contributed by atoms with van der Waals surface area (Å²) in [6.07, 6.45) is -2.31. The van der Waals surface area contributed by atoms with Crippen LogP contribution in [0.3, 0.4) is 0 Å². The summed E-state index contributed by atoms with van der Waals surface area (Å²) in [5.41, 5.74) is 2.70. The SMILES string of the molecule is CC(C)c1c(C(=O)NCc2ccc(F)cc2)nn(-c2ccc(F)cc2)c1CCC(O)CC(O)CC(=O)O. The molecule has 2 atom stereocenters. The van der Waals surface area contributed by atoms with Gasteiger partial charge >= 0.3 is 5.97 Å². The molecule has 1 heterocycles. The number of aromatic nitrogens is 2. The number of carboxylic acids is 1. The van der Waals surface area contributed by atoms with E-state index < -0.39 is 36.3 Å². The fourth-order valence-electron chi connectivity index (χ4n) is 4.16. The van der Waals surface area contributed by atoms with Crippen molar-refractivity contribution in [2.75, 3.05) is 0 Å². The van der Waals surface area contributed by atoms with Gasteiger partial charge in [-0.1, -0.05) is 26.0 Å². The number of aliphatic hydroxyl groups is 2. The lowest BCUT2D eigenvalue weighted by Gasteiger charge is -2.16. The predicted octanol–water partition coefficient (Wildman–Crippen LogP) is 3.72. The molecule has 198 valence electrons. The van der Waals surface area contributed by atoms with Crippen molar-refractivity contribution in [2.24, 2.45) is 0 Å². The molecule has 3 aromatic rings. The maximum atomic E-state index is 13.6. The third kappa shape index (κ3) is 7.68. The molecule has 0 spiro atoms. The van der Waals surface area contributed by atoms with E-state index in [1.54, 1.807) is 16.8 Å². The van der Waals surface area contributed by atoms with E-state index in [0.29, 0.717) is 22.5 Å². The van der Waals surface area contributed by atoms with Crippen LogP contribution >= 0.6 is 0 Å². The second-order valence-electron chi connectivity index (χ2n) is 9.24. The van der Waals surface area contributed by atoms with E-state index in [9.17, 15) is 28.6 Å². The number of nitrogens with zero attached hydrogens (tertiary/aromatic N) is 2. The number of carbonyl (C=O) groups excluding carboxylic acids is 1. The molecule has 0 saturated heterocycles. The summed E-state index contributed by atoms with van der Waals surface area (Å²) in [4.78, 5) is 24.0. The first kappa shape index (κ1) is 27.9. The fraction of sp³-hybridized carbons (Fsp3) is 0.370. The van der Waals surface area contributed by atoms with E-state index in [2.05, 4.69) is 10.4 Å². The molecular formula is C27H31F2N3O5. The summed E-state index contributed by atoms with van der Waals surface area (Å²) in [7, 11) is 0. The number of amides is 1. The van der Waals surface area contributed by atoms with Gasteiger partial charge in [0.1, 0.15) is 11.6 Å². The number of hydrogen-bond acceptors (Lipinski definition) is 5. The highest BCUT2D eigenvalue weighted by molar-refractivity contribution is 5.94. The number of rotatable bonds is 12. The maximum Gasteiger partial charge on any atom is 0.305 e. The standard InChI is InChI=1S/C27H31F2N3O5/c1-16(2)25-23(12-11-21(33)13-22(34)14-24(35)36)32(20-9-7-19(29)8-10-20)31-26(25)27(37)30-15-17-3-5-18(28)6-4-17/h3-10,16,21-22,33-34H,11-15H2,1-2H3,(H,30,37)(H,35,36). The molecule has 0 radical (unpaired) electrons. The summed E-state index contributed by atoms with van der Waals surface area (Å²) >= 11 is 0. The molecule has 3 rings (SSSR count). The van der Waals surface area contributed by atoms with Crippen LogP contribution in [0.4, 0.5) is 8.78 Å². The minimum atomic E-state index is -1.19. The first-order valence-electron chi connectivity index (χ1n) is 12.0. The number of aliphatic carboxylic acids is 1. The molecule has 4 N–H and O–H groups in total.